The molecule has 1 aromatic carbocycles. The normalized spacial score (nSPS) is 31.8. The summed E-state index contributed by atoms with van der Waals surface area (Å²) in [4.78, 5) is 0. The Hall–Kier alpha value is -0.820. The number of rotatable bonds is 4. The molecule has 3 rings (SSSR count). The second-order valence-corrected chi connectivity index (χ2v) is 6.51. The zero-order valence-electron chi connectivity index (χ0n) is 11.3. The molecule has 2 bridgehead atoms. The average Bonchev–Trinajstić information content (AvgIpc) is 2.94. The Labute approximate surface area is 110 Å². The molecule has 0 amide bonds. The molecule has 0 heterocycles. The summed E-state index contributed by atoms with van der Waals surface area (Å²) >= 11 is 0. The van der Waals surface area contributed by atoms with Crippen molar-refractivity contribution in [3.63, 3.8) is 0 Å². The van der Waals surface area contributed by atoms with Gasteiger partial charge < -0.3 is 5.11 Å². The molecule has 1 heteroatoms. The van der Waals surface area contributed by atoms with Gasteiger partial charge in [-0.25, -0.2) is 0 Å². The molecular formula is C17H24O. The Bertz CT molecular complexity index is 395. The monoisotopic (exact) mass is 244 g/mol. The second-order valence-electron chi connectivity index (χ2n) is 6.51. The molecular weight excluding hydrogens is 220 g/mol. The van der Waals surface area contributed by atoms with Crippen molar-refractivity contribution < 1.29 is 5.11 Å². The van der Waals surface area contributed by atoms with Crippen LogP contribution in [0.15, 0.2) is 24.3 Å². The van der Waals surface area contributed by atoms with Gasteiger partial charge in [0, 0.05) is 0 Å². The van der Waals surface area contributed by atoms with Crippen LogP contribution in [-0.4, -0.2) is 11.2 Å². The van der Waals surface area contributed by atoms with Gasteiger partial charge in [-0.1, -0.05) is 36.2 Å². The Balaban J connectivity index is 1.52. The predicted octanol–water partition coefficient (Wildman–Crippen LogP) is 3.72. The van der Waals surface area contributed by atoms with Gasteiger partial charge in [-0.3, -0.25) is 0 Å². The van der Waals surface area contributed by atoms with Gasteiger partial charge in [-0.2, -0.15) is 0 Å². The molecule has 2 aliphatic carbocycles. The molecule has 2 aliphatic rings. The van der Waals surface area contributed by atoms with Gasteiger partial charge in [-0.15, -0.1) is 0 Å². The Morgan fingerprint density at radius 3 is 2.56 bits per heavy atom. The third-order valence-electron chi connectivity index (χ3n) is 5.05. The number of hydrogen-bond donors (Lipinski definition) is 1. The third-order valence-corrected chi connectivity index (χ3v) is 5.05. The van der Waals surface area contributed by atoms with E-state index in [4.69, 9.17) is 0 Å². The number of fused-ring (bicyclic) bond motifs is 2. The maximum Gasteiger partial charge on any atom is 0.0583 e. The molecule has 1 aromatic rings. The Kier molecular flexibility index (Phi) is 3.43. The van der Waals surface area contributed by atoms with E-state index >= 15 is 0 Å². The predicted molar refractivity (Wildman–Crippen MR) is 74.4 cm³/mol. The van der Waals surface area contributed by atoms with Gasteiger partial charge in [0.2, 0.25) is 0 Å². The highest BCUT2D eigenvalue weighted by Crippen LogP contribution is 2.49. The molecule has 0 aromatic heterocycles. The molecule has 0 radical (unpaired) electrons. The van der Waals surface area contributed by atoms with Gasteiger partial charge in [0.05, 0.1) is 6.10 Å². The first kappa shape index (κ1) is 12.2. The number of benzene rings is 1. The molecule has 4 atom stereocenters. The summed E-state index contributed by atoms with van der Waals surface area (Å²) in [6.45, 7) is 2.11. The summed E-state index contributed by atoms with van der Waals surface area (Å²) in [5, 5.41) is 10.3. The van der Waals surface area contributed by atoms with E-state index in [9.17, 15) is 5.11 Å². The number of aliphatic hydroxyl groups is 1. The Morgan fingerprint density at radius 1 is 1.17 bits per heavy atom. The SMILES string of the molecule is Cc1ccc(CC(O)CC2CC3CCC2C3)cc1. The van der Waals surface area contributed by atoms with Crippen LogP contribution >= 0.6 is 0 Å². The summed E-state index contributed by atoms with van der Waals surface area (Å²) < 4.78 is 0. The van der Waals surface area contributed by atoms with E-state index < -0.39 is 0 Å². The first-order valence-electron chi connectivity index (χ1n) is 7.44. The summed E-state index contributed by atoms with van der Waals surface area (Å²) in [5.74, 6) is 2.73. The van der Waals surface area contributed by atoms with E-state index in [1.807, 2.05) is 0 Å². The lowest BCUT2D eigenvalue weighted by molar-refractivity contribution is 0.124. The van der Waals surface area contributed by atoms with Crippen molar-refractivity contribution in [1.82, 2.24) is 0 Å². The average molecular weight is 244 g/mol. The largest absolute Gasteiger partial charge is 0.393 e. The van der Waals surface area contributed by atoms with Crippen molar-refractivity contribution in [2.45, 2.75) is 51.6 Å². The fourth-order valence-electron chi connectivity index (χ4n) is 4.09. The third kappa shape index (κ3) is 2.61. The van der Waals surface area contributed by atoms with Crippen molar-refractivity contribution in [2.24, 2.45) is 17.8 Å². The molecule has 2 saturated carbocycles. The van der Waals surface area contributed by atoms with E-state index in [0.717, 1.165) is 30.6 Å². The van der Waals surface area contributed by atoms with Crippen LogP contribution in [0.25, 0.3) is 0 Å². The molecule has 0 aliphatic heterocycles. The summed E-state index contributed by atoms with van der Waals surface area (Å²) in [5.41, 5.74) is 2.57. The van der Waals surface area contributed by atoms with Crippen LogP contribution in [0.3, 0.4) is 0 Å². The van der Waals surface area contributed by atoms with Crippen LogP contribution in [0, 0.1) is 24.7 Å². The number of aryl methyl sites for hydroxylation is 1. The molecule has 2 fully saturated rings. The van der Waals surface area contributed by atoms with Gasteiger partial charge in [0.25, 0.3) is 0 Å². The van der Waals surface area contributed by atoms with Crippen molar-refractivity contribution in [1.29, 1.82) is 0 Å². The van der Waals surface area contributed by atoms with E-state index in [-0.39, 0.29) is 6.10 Å². The first-order chi connectivity index (χ1) is 8.70. The topological polar surface area (TPSA) is 20.2 Å². The fourth-order valence-corrected chi connectivity index (χ4v) is 4.09. The van der Waals surface area contributed by atoms with Crippen LogP contribution in [-0.2, 0) is 6.42 Å². The summed E-state index contributed by atoms with van der Waals surface area (Å²) in [6, 6.07) is 8.58. The van der Waals surface area contributed by atoms with Gasteiger partial charge in [0.15, 0.2) is 0 Å². The summed E-state index contributed by atoms with van der Waals surface area (Å²) in [6.07, 6.45) is 7.42. The minimum absolute atomic E-state index is 0.142. The van der Waals surface area contributed by atoms with E-state index in [1.54, 1.807) is 0 Å². The highest BCUT2D eigenvalue weighted by molar-refractivity contribution is 5.21. The molecule has 0 saturated heterocycles. The van der Waals surface area contributed by atoms with Crippen LogP contribution in [0.4, 0.5) is 0 Å². The van der Waals surface area contributed by atoms with Gasteiger partial charge in [0.1, 0.15) is 0 Å². The second kappa shape index (κ2) is 5.05. The standard InChI is InChI=1S/C17H24O/c1-12-2-4-13(5-3-12)10-17(18)11-16-9-14-6-7-15(16)8-14/h2-5,14-18H,6-11H2,1H3. The van der Waals surface area contributed by atoms with Gasteiger partial charge >= 0.3 is 0 Å². The zero-order valence-corrected chi connectivity index (χ0v) is 11.3. The minimum atomic E-state index is -0.142. The smallest absolute Gasteiger partial charge is 0.0583 e. The van der Waals surface area contributed by atoms with Gasteiger partial charge in [-0.05, 0) is 62.3 Å². The number of aliphatic hydroxyl groups excluding tert-OH is 1. The molecule has 1 nitrogen and oxygen atoms in total. The molecule has 0 spiro atoms. The first-order valence-corrected chi connectivity index (χ1v) is 7.44. The number of hydrogen-bond acceptors (Lipinski definition) is 1. The minimum Gasteiger partial charge on any atom is -0.393 e. The highest BCUT2D eigenvalue weighted by Gasteiger charge is 2.39. The summed E-state index contributed by atoms with van der Waals surface area (Å²) in [7, 11) is 0. The fraction of sp³-hybridized carbons (Fsp3) is 0.647. The van der Waals surface area contributed by atoms with Crippen LogP contribution in [0.1, 0.15) is 43.2 Å². The van der Waals surface area contributed by atoms with E-state index in [0.29, 0.717) is 0 Å². The molecule has 4 unspecified atom stereocenters. The van der Waals surface area contributed by atoms with E-state index in [2.05, 4.69) is 31.2 Å². The van der Waals surface area contributed by atoms with Crippen LogP contribution in [0.2, 0.25) is 0 Å². The van der Waals surface area contributed by atoms with Crippen molar-refractivity contribution in [2.75, 3.05) is 0 Å². The lowest BCUT2D eigenvalue weighted by Gasteiger charge is -2.24. The Morgan fingerprint density at radius 2 is 1.94 bits per heavy atom. The maximum atomic E-state index is 10.3. The van der Waals surface area contributed by atoms with Crippen molar-refractivity contribution in [3.8, 4) is 0 Å². The van der Waals surface area contributed by atoms with Crippen molar-refractivity contribution in [3.05, 3.63) is 35.4 Å². The van der Waals surface area contributed by atoms with Crippen molar-refractivity contribution >= 4 is 0 Å². The molecule has 18 heavy (non-hydrogen) atoms. The zero-order chi connectivity index (χ0) is 12.5. The lowest BCUT2D eigenvalue weighted by atomic mass is 9.84. The lowest BCUT2D eigenvalue weighted by Crippen LogP contribution is -2.20. The maximum absolute atomic E-state index is 10.3. The van der Waals surface area contributed by atoms with E-state index in [1.165, 1.54) is 36.8 Å². The van der Waals surface area contributed by atoms with Crippen LogP contribution < -0.4 is 0 Å². The molecule has 98 valence electrons. The highest BCUT2D eigenvalue weighted by atomic mass is 16.3. The molecule has 1 N–H and O–H groups in total. The quantitative estimate of drug-likeness (QED) is 0.855. The van der Waals surface area contributed by atoms with Crippen LogP contribution in [0.5, 0.6) is 0 Å².